The second kappa shape index (κ2) is 12.9. The zero-order chi connectivity index (χ0) is 28.6. The molecular weight excluding hydrogens is 538 g/mol. The highest BCUT2D eigenvalue weighted by Crippen LogP contribution is 2.39. The summed E-state index contributed by atoms with van der Waals surface area (Å²) in [4.78, 5) is 29.4. The molecule has 0 radical (unpaired) electrons. The molecule has 0 unspecified atom stereocenters. The van der Waals surface area contributed by atoms with Gasteiger partial charge in [-0.25, -0.2) is 14.6 Å². The summed E-state index contributed by atoms with van der Waals surface area (Å²) in [5.74, 6) is 0.601. The Morgan fingerprint density at radius 3 is 2.20 bits per heavy atom. The molecule has 3 aromatic carbocycles. The summed E-state index contributed by atoms with van der Waals surface area (Å²) in [5.41, 5.74) is 1.92. The van der Waals surface area contributed by atoms with E-state index < -0.39 is 11.9 Å². The molecule has 1 aliphatic rings. The molecule has 0 bridgehead atoms. The fourth-order valence-electron chi connectivity index (χ4n) is 3.74. The number of ether oxygens (including phenoxy) is 6. The first-order valence-electron chi connectivity index (χ1n) is 12.1. The SMILES string of the molecule is CCOc1cc(/C=C2\N=C(c3cc(OC)c(OC)c(OC)c3)OC2=O)ccc1OC(=O)/C=C/c1ccc(Cl)cc1. The Labute approximate surface area is 236 Å². The highest BCUT2D eigenvalue weighted by Gasteiger charge is 2.26. The van der Waals surface area contributed by atoms with Crippen LogP contribution in [0.3, 0.4) is 0 Å². The smallest absolute Gasteiger partial charge is 0.363 e. The fourth-order valence-corrected chi connectivity index (χ4v) is 3.87. The summed E-state index contributed by atoms with van der Waals surface area (Å²) in [7, 11) is 4.47. The number of carbonyl (C=O) groups is 2. The van der Waals surface area contributed by atoms with Crippen LogP contribution >= 0.6 is 11.6 Å². The molecular formula is C30H26ClNO8. The molecule has 1 aliphatic heterocycles. The molecule has 10 heteroatoms. The standard InChI is InChI=1S/C30H26ClNO8/c1-5-38-24-15-19(8-12-23(24)39-27(33)13-9-18-6-10-21(31)11-7-18)14-22-30(34)40-29(32-22)20-16-25(35-2)28(37-4)26(17-20)36-3/h6-17H,5H2,1-4H3/b13-9+,22-14-. The average molecular weight is 564 g/mol. The van der Waals surface area contributed by atoms with E-state index in [1.54, 1.807) is 73.7 Å². The number of rotatable bonds is 10. The van der Waals surface area contributed by atoms with Gasteiger partial charge in [0.15, 0.2) is 28.7 Å². The van der Waals surface area contributed by atoms with Crippen molar-refractivity contribution in [2.75, 3.05) is 27.9 Å². The van der Waals surface area contributed by atoms with Crippen molar-refractivity contribution in [1.82, 2.24) is 0 Å². The van der Waals surface area contributed by atoms with Crippen molar-refractivity contribution in [2.45, 2.75) is 6.92 Å². The van der Waals surface area contributed by atoms with Gasteiger partial charge in [0.2, 0.25) is 11.6 Å². The Morgan fingerprint density at radius 2 is 1.57 bits per heavy atom. The molecule has 40 heavy (non-hydrogen) atoms. The molecule has 0 saturated heterocycles. The highest BCUT2D eigenvalue weighted by molar-refractivity contribution is 6.30. The largest absolute Gasteiger partial charge is 0.493 e. The Kier molecular flexibility index (Phi) is 9.08. The number of benzene rings is 3. The van der Waals surface area contributed by atoms with Gasteiger partial charge in [-0.1, -0.05) is 29.8 Å². The monoisotopic (exact) mass is 563 g/mol. The molecule has 0 aliphatic carbocycles. The lowest BCUT2D eigenvalue weighted by molar-refractivity contribution is -0.130. The van der Waals surface area contributed by atoms with Gasteiger partial charge >= 0.3 is 11.9 Å². The lowest BCUT2D eigenvalue weighted by atomic mass is 10.1. The lowest BCUT2D eigenvalue weighted by Gasteiger charge is -2.13. The van der Waals surface area contributed by atoms with Crippen LogP contribution in [0.4, 0.5) is 0 Å². The van der Waals surface area contributed by atoms with Crippen molar-refractivity contribution in [2.24, 2.45) is 4.99 Å². The first-order valence-corrected chi connectivity index (χ1v) is 12.5. The van der Waals surface area contributed by atoms with Crippen LogP contribution < -0.4 is 23.7 Å². The van der Waals surface area contributed by atoms with Crippen LogP contribution in [0.25, 0.3) is 12.2 Å². The Morgan fingerprint density at radius 1 is 0.900 bits per heavy atom. The predicted molar refractivity (Wildman–Crippen MR) is 150 cm³/mol. The summed E-state index contributed by atoms with van der Waals surface area (Å²) < 4.78 is 32.6. The topological polar surface area (TPSA) is 102 Å². The average Bonchev–Trinajstić information content (AvgIpc) is 3.33. The number of hydrogen-bond acceptors (Lipinski definition) is 9. The van der Waals surface area contributed by atoms with Gasteiger partial charge in [0, 0.05) is 16.7 Å². The van der Waals surface area contributed by atoms with E-state index in [2.05, 4.69) is 4.99 Å². The molecule has 0 atom stereocenters. The molecule has 0 saturated carbocycles. The van der Waals surface area contributed by atoms with Crippen molar-refractivity contribution in [1.29, 1.82) is 0 Å². The van der Waals surface area contributed by atoms with Gasteiger partial charge in [-0.3, -0.25) is 0 Å². The van der Waals surface area contributed by atoms with Gasteiger partial charge in [-0.2, -0.15) is 0 Å². The van der Waals surface area contributed by atoms with Gasteiger partial charge in [-0.05, 0) is 66.6 Å². The van der Waals surface area contributed by atoms with Gasteiger partial charge in [-0.15, -0.1) is 0 Å². The zero-order valence-corrected chi connectivity index (χ0v) is 23.0. The maximum Gasteiger partial charge on any atom is 0.363 e. The minimum absolute atomic E-state index is 0.0712. The number of halogens is 1. The third-order valence-electron chi connectivity index (χ3n) is 5.60. The van der Waals surface area contributed by atoms with Crippen LogP contribution in [0.2, 0.25) is 5.02 Å². The quantitative estimate of drug-likeness (QED) is 0.175. The molecule has 0 amide bonds. The van der Waals surface area contributed by atoms with Gasteiger partial charge in [0.25, 0.3) is 0 Å². The van der Waals surface area contributed by atoms with Crippen molar-refractivity contribution in [3.05, 3.63) is 88.1 Å². The number of methoxy groups -OCH3 is 3. The van der Waals surface area contributed by atoms with Gasteiger partial charge in [0.1, 0.15) is 0 Å². The third-order valence-corrected chi connectivity index (χ3v) is 5.85. The molecule has 1 heterocycles. The number of aliphatic imine (C=N–C) groups is 1. The number of carbonyl (C=O) groups excluding carboxylic acids is 2. The summed E-state index contributed by atoms with van der Waals surface area (Å²) in [5, 5.41) is 0.602. The number of nitrogens with zero attached hydrogens (tertiary/aromatic N) is 1. The van der Waals surface area contributed by atoms with E-state index in [0.29, 0.717) is 45.8 Å². The van der Waals surface area contributed by atoms with E-state index in [1.807, 2.05) is 0 Å². The van der Waals surface area contributed by atoms with Crippen LogP contribution in [0.15, 0.2) is 71.4 Å². The zero-order valence-electron chi connectivity index (χ0n) is 22.2. The van der Waals surface area contributed by atoms with Gasteiger partial charge in [0.05, 0.1) is 27.9 Å². The Balaban J connectivity index is 1.57. The van der Waals surface area contributed by atoms with Gasteiger partial charge < -0.3 is 28.4 Å². The summed E-state index contributed by atoms with van der Waals surface area (Å²) >= 11 is 5.89. The first-order chi connectivity index (χ1) is 19.3. The summed E-state index contributed by atoms with van der Waals surface area (Å²) in [6, 6.07) is 15.2. The molecule has 0 aromatic heterocycles. The summed E-state index contributed by atoms with van der Waals surface area (Å²) in [6.45, 7) is 2.14. The second-order valence-electron chi connectivity index (χ2n) is 8.20. The van der Waals surface area contributed by atoms with E-state index in [-0.39, 0.29) is 17.3 Å². The number of esters is 2. The minimum atomic E-state index is -0.635. The van der Waals surface area contributed by atoms with E-state index in [4.69, 9.17) is 40.0 Å². The van der Waals surface area contributed by atoms with Crippen molar-refractivity contribution < 1.29 is 38.0 Å². The lowest BCUT2D eigenvalue weighted by Crippen LogP contribution is -2.07. The predicted octanol–water partition coefficient (Wildman–Crippen LogP) is 5.73. The Hall–Kier alpha value is -4.76. The summed E-state index contributed by atoms with van der Waals surface area (Å²) in [6.07, 6.45) is 4.47. The maximum atomic E-state index is 12.6. The highest BCUT2D eigenvalue weighted by atomic mass is 35.5. The number of cyclic esters (lactones) is 1. The van der Waals surface area contributed by atoms with E-state index in [1.165, 1.54) is 27.4 Å². The minimum Gasteiger partial charge on any atom is -0.493 e. The van der Waals surface area contributed by atoms with Crippen molar-refractivity contribution in [3.8, 4) is 28.7 Å². The van der Waals surface area contributed by atoms with Crippen LogP contribution in [-0.4, -0.2) is 45.8 Å². The molecule has 4 rings (SSSR count). The van der Waals surface area contributed by atoms with E-state index >= 15 is 0 Å². The van der Waals surface area contributed by atoms with Crippen LogP contribution in [-0.2, 0) is 14.3 Å². The normalized spacial score (nSPS) is 13.7. The van der Waals surface area contributed by atoms with Crippen molar-refractivity contribution in [3.63, 3.8) is 0 Å². The Bertz CT molecular complexity index is 1480. The molecule has 3 aromatic rings. The molecule has 9 nitrogen and oxygen atoms in total. The maximum absolute atomic E-state index is 12.6. The molecule has 206 valence electrons. The molecule has 0 spiro atoms. The second-order valence-corrected chi connectivity index (χ2v) is 8.63. The van der Waals surface area contributed by atoms with Crippen LogP contribution in [0, 0.1) is 0 Å². The van der Waals surface area contributed by atoms with Crippen LogP contribution in [0.1, 0.15) is 23.6 Å². The van der Waals surface area contributed by atoms with Crippen LogP contribution in [0.5, 0.6) is 28.7 Å². The third kappa shape index (κ3) is 6.62. The van der Waals surface area contributed by atoms with E-state index in [0.717, 1.165) is 5.56 Å². The fraction of sp³-hybridized carbons (Fsp3) is 0.167. The van der Waals surface area contributed by atoms with Crippen molar-refractivity contribution >= 4 is 41.6 Å². The first kappa shape index (κ1) is 28.3. The molecule has 0 N–H and O–H groups in total. The molecule has 0 fully saturated rings. The van der Waals surface area contributed by atoms with E-state index in [9.17, 15) is 9.59 Å². The number of hydrogen-bond donors (Lipinski definition) is 0.